The molecule has 1 heterocycles. The molecule has 134 valence electrons. The maximum atomic E-state index is 10.3. The molecule has 4 nitrogen and oxygen atoms in total. The molecule has 0 saturated heterocycles. The zero-order valence-corrected chi connectivity index (χ0v) is 15.2. The average molecular weight is 339 g/mol. The maximum absolute atomic E-state index is 10.3. The summed E-state index contributed by atoms with van der Waals surface area (Å²) in [5.74, 6) is 0.346. The molecule has 0 atom stereocenters. The minimum Gasteiger partial charge on any atom is -0.506 e. The highest BCUT2D eigenvalue weighted by atomic mass is 16.3. The molecular weight excluding hydrogens is 310 g/mol. The molecule has 2 aromatic rings. The number of hydrogen-bond acceptors (Lipinski definition) is 4. The molecule has 3 rings (SSSR count). The molecule has 4 N–H and O–H groups in total. The normalized spacial score (nSPS) is 14.2. The van der Waals surface area contributed by atoms with E-state index in [4.69, 9.17) is 0 Å². The lowest BCUT2D eigenvalue weighted by Gasteiger charge is -2.16. The highest BCUT2D eigenvalue weighted by molar-refractivity contribution is 5.64. The number of hydrogen-bond donors (Lipinski definition) is 4. The van der Waals surface area contributed by atoms with Gasteiger partial charge in [0, 0.05) is 19.1 Å². The van der Waals surface area contributed by atoms with Gasteiger partial charge in [0.15, 0.2) is 0 Å². The van der Waals surface area contributed by atoms with E-state index in [9.17, 15) is 5.11 Å². The number of phenols is 1. The van der Waals surface area contributed by atoms with Crippen molar-refractivity contribution in [1.29, 1.82) is 0 Å². The van der Waals surface area contributed by atoms with Gasteiger partial charge in [-0.2, -0.15) is 0 Å². The van der Waals surface area contributed by atoms with E-state index in [-0.39, 0.29) is 0 Å². The molecule has 1 aliphatic heterocycles. The third-order valence-electron chi connectivity index (χ3n) is 4.72. The topological polar surface area (TPSA) is 56.3 Å². The SMILES string of the molecule is CC(C)NCc1ccc(CNc2c(O)ccc3c2CCNCC3)cc1. The van der Waals surface area contributed by atoms with Crippen LogP contribution in [0.1, 0.15) is 36.1 Å². The van der Waals surface area contributed by atoms with Crippen LogP contribution in [0, 0.1) is 0 Å². The lowest BCUT2D eigenvalue weighted by atomic mass is 10.00. The van der Waals surface area contributed by atoms with E-state index in [1.54, 1.807) is 0 Å². The summed E-state index contributed by atoms with van der Waals surface area (Å²) >= 11 is 0. The van der Waals surface area contributed by atoms with Crippen LogP contribution in [0.2, 0.25) is 0 Å². The van der Waals surface area contributed by atoms with Crippen molar-refractivity contribution in [1.82, 2.24) is 10.6 Å². The zero-order valence-electron chi connectivity index (χ0n) is 15.2. The Balaban J connectivity index is 1.67. The van der Waals surface area contributed by atoms with Crippen LogP contribution in [0.5, 0.6) is 5.75 Å². The summed E-state index contributed by atoms with van der Waals surface area (Å²) in [6.45, 7) is 7.89. The van der Waals surface area contributed by atoms with E-state index in [0.29, 0.717) is 11.8 Å². The van der Waals surface area contributed by atoms with E-state index in [1.807, 2.05) is 6.07 Å². The minimum absolute atomic E-state index is 0.346. The van der Waals surface area contributed by atoms with Crippen LogP contribution >= 0.6 is 0 Å². The van der Waals surface area contributed by atoms with Crippen LogP contribution in [-0.4, -0.2) is 24.2 Å². The Morgan fingerprint density at radius 3 is 2.36 bits per heavy atom. The Kier molecular flexibility index (Phi) is 5.95. The quantitative estimate of drug-likeness (QED) is 0.611. The van der Waals surface area contributed by atoms with Crippen molar-refractivity contribution in [2.75, 3.05) is 18.4 Å². The predicted molar refractivity (Wildman–Crippen MR) is 104 cm³/mol. The molecule has 0 aromatic heterocycles. The number of phenolic OH excluding ortho intramolecular Hbond substituents is 1. The number of anilines is 1. The standard InChI is InChI=1S/C21H29N3O/c1-15(2)23-13-16-3-5-17(6-4-16)14-24-21-19-10-12-22-11-9-18(19)7-8-20(21)25/h3-8,15,22-25H,9-14H2,1-2H3. The number of nitrogens with one attached hydrogen (secondary N) is 3. The van der Waals surface area contributed by atoms with Crippen LogP contribution in [0.3, 0.4) is 0 Å². The maximum Gasteiger partial charge on any atom is 0.138 e. The van der Waals surface area contributed by atoms with Crippen molar-refractivity contribution in [2.24, 2.45) is 0 Å². The highest BCUT2D eigenvalue weighted by Crippen LogP contribution is 2.32. The molecule has 4 heteroatoms. The molecule has 0 amide bonds. The van der Waals surface area contributed by atoms with Gasteiger partial charge >= 0.3 is 0 Å². The van der Waals surface area contributed by atoms with Gasteiger partial charge in [-0.1, -0.05) is 44.2 Å². The van der Waals surface area contributed by atoms with Crippen molar-refractivity contribution in [2.45, 2.75) is 45.8 Å². The number of rotatable bonds is 6. The summed E-state index contributed by atoms with van der Waals surface area (Å²) in [5.41, 5.74) is 5.99. The molecule has 0 aliphatic carbocycles. The molecule has 0 spiro atoms. The van der Waals surface area contributed by atoms with Gasteiger partial charge in [0.05, 0.1) is 5.69 Å². The molecule has 1 aliphatic rings. The second-order valence-corrected chi connectivity index (χ2v) is 7.05. The molecule has 0 saturated carbocycles. The largest absolute Gasteiger partial charge is 0.506 e. The van der Waals surface area contributed by atoms with E-state index < -0.39 is 0 Å². The van der Waals surface area contributed by atoms with Gasteiger partial charge in [-0.25, -0.2) is 0 Å². The molecule has 25 heavy (non-hydrogen) atoms. The van der Waals surface area contributed by atoms with Crippen molar-refractivity contribution in [3.8, 4) is 5.75 Å². The molecular formula is C21H29N3O. The summed E-state index contributed by atoms with van der Waals surface area (Å²) in [5, 5.41) is 20.6. The van der Waals surface area contributed by atoms with Crippen LogP contribution in [0.25, 0.3) is 0 Å². The molecule has 0 radical (unpaired) electrons. The second-order valence-electron chi connectivity index (χ2n) is 7.05. The first-order chi connectivity index (χ1) is 12.1. The average Bonchev–Trinajstić information content (AvgIpc) is 2.85. The summed E-state index contributed by atoms with van der Waals surface area (Å²) in [6.07, 6.45) is 1.97. The van der Waals surface area contributed by atoms with Gasteiger partial charge in [-0.15, -0.1) is 0 Å². The Bertz CT molecular complexity index is 695. The van der Waals surface area contributed by atoms with Crippen LogP contribution < -0.4 is 16.0 Å². The highest BCUT2D eigenvalue weighted by Gasteiger charge is 2.15. The monoisotopic (exact) mass is 339 g/mol. The van der Waals surface area contributed by atoms with E-state index in [1.165, 1.54) is 22.3 Å². The number of benzene rings is 2. The number of aromatic hydroxyl groups is 1. The molecule has 0 fully saturated rings. The third-order valence-corrected chi connectivity index (χ3v) is 4.72. The summed E-state index contributed by atoms with van der Waals surface area (Å²) < 4.78 is 0. The van der Waals surface area contributed by atoms with E-state index in [0.717, 1.165) is 44.7 Å². The van der Waals surface area contributed by atoms with Gasteiger partial charge in [0.2, 0.25) is 0 Å². The first-order valence-corrected chi connectivity index (χ1v) is 9.23. The van der Waals surface area contributed by atoms with Crippen molar-refractivity contribution < 1.29 is 5.11 Å². The van der Waals surface area contributed by atoms with Crippen molar-refractivity contribution >= 4 is 5.69 Å². The molecule has 2 aromatic carbocycles. The summed E-state index contributed by atoms with van der Waals surface area (Å²) in [4.78, 5) is 0. The molecule has 0 bridgehead atoms. The lowest BCUT2D eigenvalue weighted by molar-refractivity contribution is 0.476. The molecule has 0 unspecified atom stereocenters. The van der Waals surface area contributed by atoms with Gasteiger partial charge < -0.3 is 21.1 Å². The Morgan fingerprint density at radius 2 is 1.64 bits per heavy atom. The number of fused-ring (bicyclic) bond motifs is 1. The third kappa shape index (κ3) is 4.74. The van der Waals surface area contributed by atoms with Gasteiger partial charge in [0.1, 0.15) is 5.75 Å². The first kappa shape index (κ1) is 17.8. The van der Waals surface area contributed by atoms with E-state index in [2.05, 4.69) is 60.1 Å². The fourth-order valence-electron chi connectivity index (χ4n) is 3.24. The Hall–Kier alpha value is -2.04. The van der Waals surface area contributed by atoms with Gasteiger partial charge in [-0.3, -0.25) is 0 Å². The van der Waals surface area contributed by atoms with Crippen LogP contribution in [-0.2, 0) is 25.9 Å². The van der Waals surface area contributed by atoms with Gasteiger partial charge in [-0.05, 0) is 54.3 Å². The predicted octanol–water partition coefficient (Wildman–Crippen LogP) is 3.19. The second kappa shape index (κ2) is 8.37. The first-order valence-electron chi connectivity index (χ1n) is 9.23. The Labute approximate surface area is 150 Å². The van der Waals surface area contributed by atoms with Gasteiger partial charge in [0.25, 0.3) is 0 Å². The fraction of sp³-hybridized carbons (Fsp3) is 0.429. The Morgan fingerprint density at radius 1 is 0.960 bits per heavy atom. The summed E-state index contributed by atoms with van der Waals surface area (Å²) in [6, 6.07) is 13.0. The van der Waals surface area contributed by atoms with Crippen molar-refractivity contribution in [3.05, 3.63) is 58.7 Å². The van der Waals surface area contributed by atoms with Crippen LogP contribution in [0.15, 0.2) is 36.4 Å². The fourth-order valence-corrected chi connectivity index (χ4v) is 3.24. The minimum atomic E-state index is 0.346. The zero-order chi connectivity index (χ0) is 17.6. The van der Waals surface area contributed by atoms with Crippen molar-refractivity contribution in [3.63, 3.8) is 0 Å². The smallest absolute Gasteiger partial charge is 0.138 e. The van der Waals surface area contributed by atoms with E-state index >= 15 is 0 Å². The summed E-state index contributed by atoms with van der Waals surface area (Å²) in [7, 11) is 0. The van der Waals surface area contributed by atoms with Crippen LogP contribution in [0.4, 0.5) is 5.69 Å². The lowest BCUT2D eigenvalue weighted by Crippen LogP contribution is -2.21.